The summed E-state index contributed by atoms with van der Waals surface area (Å²) in [5, 5.41) is 8.51. The smallest absolute Gasteiger partial charge is 0.422 e. The molecule has 1 aliphatic heterocycles. The van der Waals surface area contributed by atoms with Crippen LogP contribution in [-0.4, -0.2) is 52.0 Å². The number of hydrogen-bond acceptors (Lipinski definition) is 4. The van der Waals surface area contributed by atoms with Crippen LogP contribution in [0.5, 0.6) is 0 Å². The van der Waals surface area contributed by atoms with E-state index in [1.807, 2.05) is 6.92 Å². The Morgan fingerprint density at radius 2 is 2.11 bits per heavy atom. The van der Waals surface area contributed by atoms with Gasteiger partial charge in [-0.05, 0) is 6.42 Å². The van der Waals surface area contributed by atoms with Crippen molar-refractivity contribution in [3.63, 3.8) is 0 Å². The lowest BCUT2D eigenvalue weighted by Crippen LogP contribution is -2.46. The fraction of sp³-hybridized carbons (Fsp3) is 0.800. The lowest BCUT2D eigenvalue weighted by molar-refractivity contribution is -0.163. The molecule has 9 heteroatoms. The van der Waals surface area contributed by atoms with Gasteiger partial charge in [-0.3, -0.25) is 4.90 Å². The molecule has 0 saturated carbocycles. The summed E-state index contributed by atoms with van der Waals surface area (Å²) in [6.45, 7) is 0.131. The molecular formula is C10H14F3NO4S. The molecule has 1 heterocycles. The lowest BCUT2D eigenvalue weighted by atomic mass is 10.2. The standard InChI is InChI=1S/C10H14F3NO4S/c1-2-3-7-14(6(4-19-7)8(15)16)9(17)18-5-10(11,12)13/h6-7H,2-5H2,1H3,(H,15,16). The molecule has 1 saturated heterocycles. The van der Waals surface area contributed by atoms with E-state index in [0.29, 0.717) is 12.8 Å². The van der Waals surface area contributed by atoms with Gasteiger partial charge in [-0.2, -0.15) is 13.2 Å². The fourth-order valence-electron chi connectivity index (χ4n) is 1.69. The van der Waals surface area contributed by atoms with Crippen LogP contribution < -0.4 is 0 Å². The SMILES string of the molecule is CCCC1SCC(C(=O)O)N1C(=O)OCC(F)(F)F. The number of thioether (sulfide) groups is 1. The Balaban J connectivity index is 2.72. The van der Waals surface area contributed by atoms with Gasteiger partial charge in [-0.25, -0.2) is 9.59 Å². The number of carbonyl (C=O) groups is 2. The van der Waals surface area contributed by atoms with Gasteiger partial charge in [0.15, 0.2) is 6.61 Å². The molecule has 0 aromatic carbocycles. The number of carboxylic acids is 1. The molecule has 110 valence electrons. The van der Waals surface area contributed by atoms with E-state index in [1.165, 1.54) is 11.8 Å². The Labute approximate surface area is 112 Å². The minimum atomic E-state index is -4.62. The van der Waals surface area contributed by atoms with Crippen molar-refractivity contribution in [1.82, 2.24) is 4.90 Å². The molecule has 0 aromatic heterocycles. The maximum absolute atomic E-state index is 12.0. The number of carbonyl (C=O) groups excluding carboxylic acids is 1. The third kappa shape index (κ3) is 4.48. The van der Waals surface area contributed by atoms with Gasteiger partial charge in [0, 0.05) is 5.75 Å². The van der Waals surface area contributed by atoms with Crippen LogP contribution in [0.2, 0.25) is 0 Å². The normalized spacial score (nSPS) is 23.5. The van der Waals surface area contributed by atoms with Crippen LogP contribution in [0.15, 0.2) is 0 Å². The van der Waals surface area contributed by atoms with E-state index in [0.717, 1.165) is 4.90 Å². The molecule has 5 nitrogen and oxygen atoms in total. The number of aliphatic carboxylic acids is 1. The predicted octanol–water partition coefficient (Wildman–Crippen LogP) is 2.31. The fourth-order valence-corrected chi connectivity index (χ4v) is 3.19. The number of alkyl halides is 3. The third-order valence-electron chi connectivity index (χ3n) is 2.48. The van der Waals surface area contributed by atoms with Crippen LogP contribution in [0.1, 0.15) is 19.8 Å². The summed E-state index contributed by atoms with van der Waals surface area (Å²) in [5.41, 5.74) is 0. The molecule has 0 aliphatic carbocycles. The van der Waals surface area contributed by atoms with E-state index in [9.17, 15) is 22.8 Å². The van der Waals surface area contributed by atoms with Crippen molar-refractivity contribution < 1.29 is 32.6 Å². The molecular weight excluding hydrogens is 287 g/mol. The first-order chi connectivity index (χ1) is 8.76. The number of hydrogen-bond donors (Lipinski definition) is 1. The summed E-state index contributed by atoms with van der Waals surface area (Å²) in [6, 6.07) is -1.14. The van der Waals surface area contributed by atoms with Crippen molar-refractivity contribution in [1.29, 1.82) is 0 Å². The molecule has 0 bridgehead atoms. The number of ether oxygens (including phenoxy) is 1. The van der Waals surface area contributed by atoms with Crippen LogP contribution in [0, 0.1) is 0 Å². The maximum Gasteiger partial charge on any atom is 0.422 e. The molecule has 2 atom stereocenters. The average Bonchev–Trinajstić information content (AvgIpc) is 2.69. The van der Waals surface area contributed by atoms with Gasteiger partial charge in [-0.1, -0.05) is 13.3 Å². The Kier molecular flexibility index (Phi) is 5.33. The van der Waals surface area contributed by atoms with Gasteiger partial charge in [0.05, 0.1) is 5.37 Å². The quantitative estimate of drug-likeness (QED) is 0.863. The van der Waals surface area contributed by atoms with Crippen molar-refractivity contribution >= 4 is 23.8 Å². The molecule has 0 spiro atoms. The molecule has 1 fully saturated rings. The lowest BCUT2D eigenvalue weighted by Gasteiger charge is -2.26. The zero-order chi connectivity index (χ0) is 14.6. The van der Waals surface area contributed by atoms with Crippen molar-refractivity contribution in [2.24, 2.45) is 0 Å². The second-order valence-electron chi connectivity index (χ2n) is 4.01. The monoisotopic (exact) mass is 301 g/mol. The largest absolute Gasteiger partial charge is 0.480 e. The molecule has 0 radical (unpaired) electrons. The minimum absolute atomic E-state index is 0.154. The second-order valence-corrected chi connectivity index (χ2v) is 5.22. The van der Waals surface area contributed by atoms with E-state index in [-0.39, 0.29) is 5.75 Å². The molecule has 2 unspecified atom stereocenters. The summed E-state index contributed by atoms with van der Waals surface area (Å²) in [7, 11) is 0. The van der Waals surface area contributed by atoms with Crippen LogP contribution in [0.3, 0.4) is 0 Å². The summed E-state index contributed by atoms with van der Waals surface area (Å²) in [6.07, 6.45) is -4.66. The zero-order valence-electron chi connectivity index (χ0n) is 10.1. The molecule has 1 rings (SSSR count). The molecule has 1 amide bonds. The van der Waals surface area contributed by atoms with Crippen LogP contribution >= 0.6 is 11.8 Å². The highest BCUT2D eigenvalue weighted by Crippen LogP contribution is 2.33. The van der Waals surface area contributed by atoms with Crippen LogP contribution in [0.25, 0.3) is 0 Å². The predicted molar refractivity (Wildman–Crippen MR) is 61.8 cm³/mol. The van der Waals surface area contributed by atoms with Crippen LogP contribution in [-0.2, 0) is 9.53 Å². The highest BCUT2D eigenvalue weighted by Gasteiger charge is 2.43. The van der Waals surface area contributed by atoms with Crippen molar-refractivity contribution in [3.8, 4) is 0 Å². The minimum Gasteiger partial charge on any atom is -0.480 e. The van der Waals surface area contributed by atoms with Crippen molar-refractivity contribution in [2.75, 3.05) is 12.4 Å². The first-order valence-corrected chi connectivity index (χ1v) is 6.67. The summed E-state index contributed by atoms with van der Waals surface area (Å²) >= 11 is 1.24. The molecule has 1 aliphatic rings. The van der Waals surface area contributed by atoms with Gasteiger partial charge in [0.2, 0.25) is 0 Å². The Hall–Kier alpha value is -1.12. The van der Waals surface area contributed by atoms with Gasteiger partial charge in [0.25, 0.3) is 0 Å². The zero-order valence-corrected chi connectivity index (χ0v) is 11.0. The van der Waals surface area contributed by atoms with E-state index < -0.39 is 36.3 Å². The summed E-state index contributed by atoms with van der Waals surface area (Å²) < 4.78 is 40.1. The van der Waals surface area contributed by atoms with Gasteiger partial charge in [-0.15, -0.1) is 11.8 Å². The Bertz CT molecular complexity index is 350. The first kappa shape index (κ1) is 15.9. The first-order valence-electron chi connectivity index (χ1n) is 5.62. The number of halogens is 3. The third-order valence-corrected chi connectivity index (χ3v) is 3.84. The van der Waals surface area contributed by atoms with Crippen molar-refractivity contribution in [3.05, 3.63) is 0 Å². The molecule has 1 N–H and O–H groups in total. The van der Waals surface area contributed by atoms with E-state index >= 15 is 0 Å². The van der Waals surface area contributed by atoms with E-state index in [1.54, 1.807) is 0 Å². The average molecular weight is 301 g/mol. The number of nitrogens with zero attached hydrogens (tertiary/aromatic N) is 1. The van der Waals surface area contributed by atoms with Gasteiger partial charge >= 0.3 is 18.2 Å². The van der Waals surface area contributed by atoms with Gasteiger partial charge < -0.3 is 9.84 Å². The Morgan fingerprint density at radius 3 is 2.58 bits per heavy atom. The second kappa shape index (κ2) is 6.36. The number of amides is 1. The summed E-state index contributed by atoms with van der Waals surface area (Å²) in [5.74, 6) is -1.09. The molecule has 19 heavy (non-hydrogen) atoms. The van der Waals surface area contributed by atoms with E-state index in [2.05, 4.69) is 4.74 Å². The molecule has 0 aromatic rings. The van der Waals surface area contributed by atoms with Gasteiger partial charge in [0.1, 0.15) is 6.04 Å². The van der Waals surface area contributed by atoms with Crippen LogP contribution in [0.4, 0.5) is 18.0 Å². The summed E-state index contributed by atoms with van der Waals surface area (Å²) in [4.78, 5) is 23.5. The topological polar surface area (TPSA) is 66.8 Å². The maximum atomic E-state index is 12.0. The van der Waals surface area contributed by atoms with Crippen molar-refractivity contribution in [2.45, 2.75) is 37.4 Å². The van der Waals surface area contributed by atoms with E-state index in [4.69, 9.17) is 5.11 Å². The number of carboxylic acid groups (broad SMARTS) is 1. The highest BCUT2D eigenvalue weighted by molar-refractivity contribution is 8.00. The Morgan fingerprint density at radius 1 is 1.47 bits per heavy atom. The number of rotatable bonds is 4. The highest BCUT2D eigenvalue weighted by atomic mass is 32.2.